The van der Waals surface area contributed by atoms with Crippen LogP contribution in [0.5, 0.6) is 5.88 Å². The van der Waals surface area contributed by atoms with E-state index in [0.29, 0.717) is 23.9 Å². The quantitative estimate of drug-likeness (QED) is 0.0827. The van der Waals surface area contributed by atoms with Gasteiger partial charge in [0.25, 0.3) is 21.3 Å². The Morgan fingerprint density at radius 3 is 2.54 bits per heavy atom. The summed E-state index contributed by atoms with van der Waals surface area (Å²) in [6, 6.07) is 12.6. The van der Waals surface area contributed by atoms with E-state index in [1.54, 1.807) is 43.5 Å². The zero-order valence-corrected chi connectivity index (χ0v) is 28.8. The Hall–Kier alpha value is -6.24. The molecule has 5 rings (SSSR count). The molecule has 52 heavy (non-hydrogen) atoms. The first kappa shape index (κ1) is 37.0. The van der Waals surface area contributed by atoms with Gasteiger partial charge in [0.2, 0.25) is 5.95 Å². The third-order valence-electron chi connectivity index (χ3n) is 7.70. The zero-order valence-electron chi connectivity index (χ0n) is 28.0. The number of anilines is 1. The van der Waals surface area contributed by atoms with Crippen molar-refractivity contribution in [2.24, 2.45) is 0 Å². The van der Waals surface area contributed by atoms with Crippen LogP contribution in [0.1, 0.15) is 48.2 Å². The Balaban J connectivity index is 1.13. The van der Waals surface area contributed by atoms with Crippen molar-refractivity contribution in [2.75, 3.05) is 18.9 Å². The molecular formula is C33H35N7O11S. The van der Waals surface area contributed by atoms with Gasteiger partial charge in [-0.3, -0.25) is 24.0 Å². The van der Waals surface area contributed by atoms with E-state index >= 15 is 0 Å². The maximum Gasteiger partial charge on any atom is 0.415 e. The number of carbonyl (C=O) groups excluding carboxylic acids is 3. The average Bonchev–Trinajstić information content (AvgIpc) is 3.71. The molecule has 2 aromatic carbocycles. The molecule has 5 aromatic rings. The number of nitrogens with two attached hydrogens (primary N) is 1. The van der Waals surface area contributed by atoms with Crippen LogP contribution in [0.4, 0.5) is 5.95 Å². The lowest BCUT2D eigenvalue weighted by Gasteiger charge is -2.18. The van der Waals surface area contributed by atoms with Gasteiger partial charge >= 0.3 is 22.8 Å². The number of fused-ring (bicyclic) bond motifs is 1. The highest BCUT2D eigenvalue weighted by molar-refractivity contribution is 7.91. The normalized spacial score (nSPS) is 12.6. The summed E-state index contributed by atoms with van der Waals surface area (Å²) < 4.78 is 46.1. The number of carbonyl (C=O) groups is 3. The molecule has 0 aliphatic rings. The molecule has 1 unspecified atom stereocenters. The third-order valence-corrected chi connectivity index (χ3v) is 9.42. The van der Waals surface area contributed by atoms with E-state index in [4.69, 9.17) is 19.9 Å². The molecule has 0 aliphatic carbocycles. The first-order valence-corrected chi connectivity index (χ1v) is 17.5. The van der Waals surface area contributed by atoms with Gasteiger partial charge < -0.3 is 35.5 Å². The molecule has 18 nitrogen and oxygen atoms in total. The number of hydrogen-bond acceptors (Lipinski definition) is 14. The van der Waals surface area contributed by atoms with Gasteiger partial charge in [0.15, 0.2) is 0 Å². The Morgan fingerprint density at radius 1 is 1.10 bits per heavy atom. The van der Waals surface area contributed by atoms with Crippen molar-refractivity contribution in [3.05, 3.63) is 93.0 Å². The number of aryl methyl sites for hydroxylation is 2. The number of sulfone groups is 1. The number of nitrogens with zero attached hydrogens (tertiary/aromatic N) is 3. The summed E-state index contributed by atoms with van der Waals surface area (Å²) in [7, 11) is -4.35. The number of benzene rings is 2. The van der Waals surface area contributed by atoms with Gasteiger partial charge in [-0.25, -0.2) is 13.2 Å². The number of hydrogen-bond donors (Lipinski definition) is 4. The van der Waals surface area contributed by atoms with Crippen molar-refractivity contribution in [3.8, 4) is 5.88 Å². The van der Waals surface area contributed by atoms with E-state index in [-0.39, 0.29) is 46.3 Å². The second kappa shape index (κ2) is 16.2. The lowest BCUT2D eigenvalue weighted by molar-refractivity contribution is -0.832. The molecule has 5 N–H and O–H groups in total. The topological polar surface area (TPSA) is 266 Å². The highest BCUT2D eigenvalue weighted by Crippen LogP contribution is 2.25. The molecular weight excluding hydrogens is 702 g/mol. The number of nitrogen functional groups attached to an aromatic ring is 1. The van der Waals surface area contributed by atoms with Crippen molar-refractivity contribution in [1.82, 2.24) is 25.4 Å². The zero-order chi connectivity index (χ0) is 37.4. The monoisotopic (exact) mass is 737 g/mol. The molecule has 19 heteroatoms. The second-order valence-electron chi connectivity index (χ2n) is 11.5. The smallest absolute Gasteiger partial charge is 0.415 e. The number of amides is 1. The van der Waals surface area contributed by atoms with Crippen LogP contribution >= 0.6 is 0 Å². The summed E-state index contributed by atoms with van der Waals surface area (Å²) in [6.07, 6.45) is 1.37. The van der Waals surface area contributed by atoms with Crippen LogP contribution in [-0.4, -0.2) is 71.7 Å². The van der Waals surface area contributed by atoms with Crippen LogP contribution < -0.4 is 26.2 Å². The first-order chi connectivity index (χ1) is 24.9. The largest absolute Gasteiger partial charge is 0.464 e. The number of rotatable bonds is 16. The van der Waals surface area contributed by atoms with Crippen LogP contribution in [0, 0.1) is 5.21 Å². The first-order valence-electron chi connectivity index (χ1n) is 16.0. The Bertz CT molecular complexity index is 2220. The number of aromatic nitrogens is 5. The van der Waals surface area contributed by atoms with E-state index in [0.717, 1.165) is 11.1 Å². The molecule has 0 radical (unpaired) electrons. The van der Waals surface area contributed by atoms with Gasteiger partial charge in [0.1, 0.15) is 24.4 Å². The fourth-order valence-electron chi connectivity index (χ4n) is 5.17. The number of ether oxygens (including phenoxy) is 3. The summed E-state index contributed by atoms with van der Waals surface area (Å²) in [5.74, 6) is -2.67. The number of H-pyrrole nitrogens is 2. The maximum atomic E-state index is 13.1. The van der Waals surface area contributed by atoms with Crippen LogP contribution in [0.3, 0.4) is 0 Å². The molecule has 3 aromatic heterocycles. The second-order valence-corrected chi connectivity index (χ2v) is 13.3. The summed E-state index contributed by atoms with van der Waals surface area (Å²) in [5, 5.41) is 17.6. The number of aromatic amines is 2. The number of nitrogens with one attached hydrogen (secondary N) is 3. The van der Waals surface area contributed by atoms with Crippen molar-refractivity contribution in [2.45, 2.75) is 61.6 Å². The van der Waals surface area contributed by atoms with Crippen molar-refractivity contribution >= 4 is 44.7 Å². The minimum Gasteiger partial charge on any atom is -0.464 e. The lowest BCUT2D eigenvalue weighted by atomic mass is 10.0. The molecule has 0 fully saturated rings. The molecule has 0 saturated carbocycles. The molecule has 0 saturated heterocycles. The van der Waals surface area contributed by atoms with E-state index in [1.807, 2.05) is 0 Å². The molecule has 3 heterocycles. The molecule has 2 atom stereocenters. The minimum atomic E-state index is -4.35. The molecule has 0 spiro atoms. The Kier molecular flexibility index (Phi) is 11.5. The Labute approximate surface area is 295 Å². The predicted octanol–water partition coefficient (Wildman–Crippen LogP) is 1.53. The average molecular weight is 738 g/mol. The van der Waals surface area contributed by atoms with Crippen LogP contribution in [0.2, 0.25) is 0 Å². The van der Waals surface area contributed by atoms with Crippen LogP contribution in [0.15, 0.2) is 80.1 Å². The summed E-state index contributed by atoms with van der Waals surface area (Å²) in [4.78, 5) is 59.8. The summed E-state index contributed by atoms with van der Waals surface area (Å²) in [6.45, 7) is 2.70. The summed E-state index contributed by atoms with van der Waals surface area (Å²) in [5.41, 5.74) is 7.57. The van der Waals surface area contributed by atoms with Gasteiger partial charge in [-0.2, -0.15) is 4.98 Å². The van der Waals surface area contributed by atoms with E-state index < -0.39 is 57.3 Å². The van der Waals surface area contributed by atoms with E-state index in [1.165, 1.54) is 31.2 Å². The minimum absolute atomic E-state index is 0.0155. The molecule has 274 valence electrons. The predicted molar refractivity (Wildman–Crippen MR) is 181 cm³/mol. The lowest BCUT2D eigenvalue weighted by Crippen LogP contribution is -2.42. The highest BCUT2D eigenvalue weighted by atomic mass is 32.2. The van der Waals surface area contributed by atoms with Gasteiger partial charge in [0.05, 0.1) is 22.0 Å². The SMILES string of the molecule is CCOC(=O)[C@H](CCC(=O)OC(C)COc1no[n+]([O-])c1S(=O)(=O)c1ccccc1)NC(=O)c1ccc(CCc2c[nH]c3nc(N)[nH]c(=O)c23)cc1. The van der Waals surface area contributed by atoms with E-state index in [2.05, 4.69) is 30.1 Å². The van der Waals surface area contributed by atoms with Gasteiger partial charge in [-0.05, 0) is 73.4 Å². The van der Waals surface area contributed by atoms with Crippen molar-refractivity contribution < 1.29 is 46.5 Å². The number of esters is 2. The fourth-order valence-corrected chi connectivity index (χ4v) is 6.46. The maximum absolute atomic E-state index is 13.1. The van der Waals surface area contributed by atoms with Gasteiger partial charge in [-0.1, -0.05) is 30.3 Å². The summed E-state index contributed by atoms with van der Waals surface area (Å²) >= 11 is 0. The van der Waals surface area contributed by atoms with Crippen LogP contribution in [-0.2, 0) is 41.7 Å². The highest BCUT2D eigenvalue weighted by Gasteiger charge is 2.36. The standard InChI is InChI=1S/C33H35N7O11S/c1-3-48-32(44)24(36-28(42)21-12-9-20(10-13-21)11-14-22-17-35-27-26(22)29(43)38-33(34)37-27)15-16-25(41)50-19(2)18-49-30-31(40(45)51-39-30)52(46,47)23-7-5-4-6-8-23/h4-10,12-13,17,19,24H,3,11,14-16,18H2,1-2H3,(H,36,42)(H4,34,35,37,38,43)/t19?,24-/m0/s1. The molecule has 0 bridgehead atoms. The molecule has 0 aliphatic heterocycles. The Morgan fingerprint density at radius 2 is 1.83 bits per heavy atom. The van der Waals surface area contributed by atoms with Crippen molar-refractivity contribution in [1.29, 1.82) is 0 Å². The fraction of sp³-hybridized carbons (Fsp3) is 0.303. The van der Waals surface area contributed by atoms with Crippen molar-refractivity contribution in [3.63, 3.8) is 0 Å². The van der Waals surface area contributed by atoms with Gasteiger partial charge in [-0.15, -0.1) is 0 Å². The third kappa shape index (κ3) is 8.73. The molecule has 1 amide bonds. The van der Waals surface area contributed by atoms with Gasteiger partial charge in [0, 0.05) is 18.2 Å². The van der Waals surface area contributed by atoms with E-state index in [9.17, 15) is 32.8 Å². The van der Waals surface area contributed by atoms with Crippen LogP contribution in [0.25, 0.3) is 11.0 Å².